The summed E-state index contributed by atoms with van der Waals surface area (Å²) in [6, 6.07) is 4.27. The van der Waals surface area contributed by atoms with Gasteiger partial charge in [-0.15, -0.1) is 11.3 Å². The molecule has 0 aromatic carbocycles. The fourth-order valence-electron chi connectivity index (χ4n) is 3.18. The fourth-order valence-corrected chi connectivity index (χ4v) is 4.01. The molecule has 20 heavy (non-hydrogen) atoms. The molecule has 1 heterocycles. The SMILES string of the molecule is CC(c1cccs1)N(C)C(=O)C1(CN)CCCCCC1. The van der Waals surface area contributed by atoms with Crippen molar-refractivity contribution < 1.29 is 4.79 Å². The van der Waals surface area contributed by atoms with Gasteiger partial charge in [-0.05, 0) is 31.2 Å². The maximum absolute atomic E-state index is 13.0. The molecule has 1 aliphatic carbocycles. The number of hydrogen-bond donors (Lipinski definition) is 1. The van der Waals surface area contributed by atoms with Crippen LogP contribution in [0.2, 0.25) is 0 Å². The Morgan fingerprint density at radius 2 is 2.05 bits per heavy atom. The molecule has 1 fully saturated rings. The van der Waals surface area contributed by atoms with Crippen LogP contribution in [0, 0.1) is 5.41 Å². The molecule has 0 radical (unpaired) electrons. The number of carbonyl (C=O) groups excluding carboxylic acids is 1. The second-order valence-electron chi connectivity index (χ2n) is 6.01. The Morgan fingerprint density at radius 1 is 1.40 bits per heavy atom. The molecule has 1 unspecified atom stereocenters. The van der Waals surface area contributed by atoms with E-state index < -0.39 is 0 Å². The average molecular weight is 294 g/mol. The van der Waals surface area contributed by atoms with Crippen LogP contribution in [-0.2, 0) is 4.79 Å². The second-order valence-corrected chi connectivity index (χ2v) is 6.99. The predicted octanol–water partition coefficient (Wildman–Crippen LogP) is 3.57. The summed E-state index contributed by atoms with van der Waals surface area (Å²) in [5.41, 5.74) is 5.70. The largest absolute Gasteiger partial charge is 0.338 e. The predicted molar refractivity (Wildman–Crippen MR) is 84.7 cm³/mol. The molecule has 3 nitrogen and oxygen atoms in total. The molecule has 2 rings (SSSR count). The summed E-state index contributed by atoms with van der Waals surface area (Å²) in [5, 5.41) is 2.06. The van der Waals surface area contributed by atoms with E-state index in [1.54, 1.807) is 11.3 Å². The van der Waals surface area contributed by atoms with E-state index in [4.69, 9.17) is 5.73 Å². The lowest BCUT2D eigenvalue weighted by atomic mass is 9.79. The van der Waals surface area contributed by atoms with Crippen LogP contribution < -0.4 is 5.73 Å². The number of thiophene rings is 1. The van der Waals surface area contributed by atoms with Crippen molar-refractivity contribution in [3.63, 3.8) is 0 Å². The van der Waals surface area contributed by atoms with E-state index in [0.29, 0.717) is 6.54 Å². The zero-order valence-corrected chi connectivity index (χ0v) is 13.4. The quantitative estimate of drug-likeness (QED) is 0.863. The molecule has 2 N–H and O–H groups in total. The lowest BCUT2D eigenvalue weighted by molar-refractivity contribution is -0.143. The normalized spacial score (nSPS) is 20.1. The number of rotatable bonds is 4. The van der Waals surface area contributed by atoms with E-state index in [-0.39, 0.29) is 17.4 Å². The zero-order valence-electron chi connectivity index (χ0n) is 12.6. The first-order valence-corrected chi connectivity index (χ1v) is 8.49. The van der Waals surface area contributed by atoms with Gasteiger partial charge in [-0.1, -0.05) is 31.7 Å². The number of carbonyl (C=O) groups is 1. The highest BCUT2D eigenvalue weighted by Crippen LogP contribution is 2.37. The van der Waals surface area contributed by atoms with Gasteiger partial charge in [0.05, 0.1) is 11.5 Å². The lowest BCUT2D eigenvalue weighted by Gasteiger charge is -2.36. The molecule has 4 heteroatoms. The average Bonchev–Trinajstić information content (AvgIpc) is 2.90. The van der Waals surface area contributed by atoms with E-state index in [0.717, 1.165) is 25.7 Å². The molecule has 1 aromatic rings. The summed E-state index contributed by atoms with van der Waals surface area (Å²) in [4.78, 5) is 16.1. The molecule has 1 aromatic heterocycles. The minimum Gasteiger partial charge on any atom is -0.338 e. The summed E-state index contributed by atoms with van der Waals surface area (Å²) in [7, 11) is 1.93. The smallest absolute Gasteiger partial charge is 0.230 e. The van der Waals surface area contributed by atoms with Gasteiger partial charge in [-0.3, -0.25) is 4.79 Å². The van der Waals surface area contributed by atoms with Gasteiger partial charge in [0.25, 0.3) is 0 Å². The van der Waals surface area contributed by atoms with Gasteiger partial charge >= 0.3 is 0 Å². The van der Waals surface area contributed by atoms with Crippen LogP contribution in [0.5, 0.6) is 0 Å². The topological polar surface area (TPSA) is 46.3 Å². The minimum absolute atomic E-state index is 0.133. The Labute approximate surface area is 126 Å². The van der Waals surface area contributed by atoms with E-state index in [1.165, 1.54) is 17.7 Å². The molecule has 0 saturated heterocycles. The van der Waals surface area contributed by atoms with Gasteiger partial charge in [-0.25, -0.2) is 0 Å². The first-order chi connectivity index (χ1) is 9.60. The highest BCUT2D eigenvalue weighted by molar-refractivity contribution is 7.10. The maximum Gasteiger partial charge on any atom is 0.230 e. The number of nitrogens with zero attached hydrogens (tertiary/aromatic N) is 1. The summed E-state index contributed by atoms with van der Waals surface area (Å²) in [5.74, 6) is 0.239. The highest BCUT2D eigenvalue weighted by atomic mass is 32.1. The van der Waals surface area contributed by atoms with Crippen molar-refractivity contribution in [1.29, 1.82) is 0 Å². The standard InChI is InChI=1S/C16H26N2OS/c1-13(14-8-7-11-20-14)18(2)15(19)16(12-17)9-5-3-4-6-10-16/h7-8,11,13H,3-6,9-10,12,17H2,1-2H3. The molecular weight excluding hydrogens is 268 g/mol. The van der Waals surface area contributed by atoms with Gasteiger partial charge in [0.1, 0.15) is 0 Å². The van der Waals surface area contributed by atoms with Crippen LogP contribution in [0.1, 0.15) is 56.4 Å². The Hall–Kier alpha value is -0.870. The summed E-state index contributed by atoms with van der Waals surface area (Å²) in [6.07, 6.45) is 6.63. The van der Waals surface area contributed by atoms with Gasteiger partial charge in [0, 0.05) is 18.5 Å². The van der Waals surface area contributed by atoms with Gasteiger partial charge < -0.3 is 10.6 Å². The lowest BCUT2D eigenvalue weighted by Crippen LogP contribution is -2.47. The number of nitrogens with two attached hydrogens (primary N) is 1. The summed E-state index contributed by atoms with van der Waals surface area (Å²) >= 11 is 1.71. The third-order valence-electron chi connectivity index (χ3n) is 4.76. The molecular formula is C16H26N2OS. The van der Waals surface area contributed by atoms with Crippen molar-refractivity contribution in [3.8, 4) is 0 Å². The summed E-state index contributed by atoms with van der Waals surface area (Å²) in [6.45, 7) is 2.58. The molecule has 1 amide bonds. The van der Waals surface area contributed by atoms with Crippen LogP contribution in [-0.4, -0.2) is 24.4 Å². The van der Waals surface area contributed by atoms with Crippen molar-refractivity contribution in [2.45, 2.75) is 51.5 Å². The molecule has 0 aliphatic heterocycles. The fraction of sp³-hybridized carbons (Fsp3) is 0.688. The Morgan fingerprint density at radius 3 is 2.55 bits per heavy atom. The first-order valence-electron chi connectivity index (χ1n) is 7.61. The van der Waals surface area contributed by atoms with E-state index in [9.17, 15) is 4.79 Å². The van der Waals surface area contributed by atoms with Crippen molar-refractivity contribution in [2.75, 3.05) is 13.6 Å². The molecule has 0 spiro atoms. The van der Waals surface area contributed by atoms with Gasteiger partial charge in [-0.2, -0.15) is 0 Å². The van der Waals surface area contributed by atoms with Crippen molar-refractivity contribution in [1.82, 2.24) is 4.90 Å². The van der Waals surface area contributed by atoms with Crippen LogP contribution in [0.3, 0.4) is 0 Å². The third-order valence-corrected chi connectivity index (χ3v) is 5.80. The molecule has 0 bridgehead atoms. The van der Waals surface area contributed by atoms with Crippen LogP contribution in [0.15, 0.2) is 17.5 Å². The van der Waals surface area contributed by atoms with E-state index >= 15 is 0 Å². The molecule has 1 atom stereocenters. The molecule has 1 aliphatic rings. The summed E-state index contributed by atoms with van der Waals surface area (Å²) < 4.78 is 0. The Bertz CT molecular complexity index is 422. The van der Waals surface area contributed by atoms with Crippen molar-refractivity contribution in [3.05, 3.63) is 22.4 Å². The maximum atomic E-state index is 13.0. The highest BCUT2D eigenvalue weighted by Gasteiger charge is 2.40. The van der Waals surface area contributed by atoms with E-state index in [2.05, 4.69) is 18.4 Å². The van der Waals surface area contributed by atoms with Gasteiger partial charge in [0.2, 0.25) is 5.91 Å². The molecule has 112 valence electrons. The van der Waals surface area contributed by atoms with Crippen LogP contribution >= 0.6 is 11.3 Å². The van der Waals surface area contributed by atoms with Crippen molar-refractivity contribution >= 4 is 17.2 Å². The third kappa shape index (κ3) is 3.07. The van der Waals surface area contributed by atoms with Crippen LogP contribution in [0.4, 0.5) is 0 Å². The Balaban J connectivity index is 2.14. The van der Waals surface area contributed by atoms with Gasteiger partial charge in [0.15, 0.2) is 0 Å². The molecule has 1 saturated carbocycles. The van der Waals surface area contributed by atoms with E-state index in [1.807, 2.05) is 18.0 Å². The Kier molecular flexibility index (Phi) is 5.22. The zero-order chi connectivity index (χ0) is 14.6. The monoisotopic (exact) mass is 294 g/mol. The minimum atomic E-state index is -0.323. The second kappa shape index (κ2) is 6.72. The number of hydrogen-bond acceptors (Lipinski definition) is 3. The number of amides is 1. The first kappa shape index (κ1) is 15.5. The van der Waals surface area contributed by atoms with Crippen molar-refractivity contribution in [2.24, 2.45) is 11.1 Å². The van der Waals surface area contributed by atoms with Crippen LogP contribution in [0.25, 0.3) is 0 Å².